The standard InChI is InChI=1S/C12H13BrClN3O2S2/c1-7-11(20-12(14)15-7)21(18,19)16-9-6-8(13)4-5-10(9)17(2)3/h4-6,16H,1-3H3. The average molecular weight is 411 g/mol. The van der Waals surface area contributed by atoms with Gasteiger partial charge in [0, 0.05) is 18.6 Å². The maximum absolute atomic E-state index is 12.5. The van der Waals surface area contributed by atoms with E-state index < -0.39 is 10.0 Å². The Balaban J connectivity index is 2.46. The van der Waals surface area contributed by atoms with E-state index in [1.165, 1.54) is 0 Å². The Labute approximate surface area is 141 Å². The number of hydrogen-bond acceptors (Lipinski definition) is 5. The van der Waals surface area contributed by atoms with Crippen molar-refractivity contribution in [1.29, 1.82) is 0 Å². The van der Waals surface area contributed by atoms with Crippen LogP contribution in [0.3, 0.4) is 0 Å². The molecule has 0 saturated carbocycles. The van der Waals surface area contributed by atoms with Crippen molar-refractivity contribution in [3.63, 3.8) is 0 Å². The molecule has 0 atom stereocenters. The van der Waals surface area contributed by atoms with Crippen LogP contribution in [-0.4, -0.2) is 27.5 Å². The van der Waals surface area contributed by atoms with Crippen LogP contribution in [0.2, 0.25) is 4.47 Å². The van der Waals surface area contributed by atoms with Crippen LogP contribution in [0.1, 0.15) is 5.69 Å². The van der Waals surface area contributed by atoms with Crippen LogP contribution < -0.4 is 9.62 Å². The molecule has 1 N–H and O–H groups in total. The summed E-state index contributed by atoms with van der Waals surface area (Å²) in [6.45, 7) is 1.62. The van der Waals surface area contributed by atoms with Crippen molar-refractivity contribution < 1.29 is 8.42 Å². The van der Waals surface area contributed by atoms with Crippen LogP contribution >= 0.6 is 38.9 Å². The molecule has 0 saturated heterocycles. The molecule has 0 radical (unpaired) electrons. The first kappa shape index (κ1) is 16.5. The van der Waals surface area contributed by atoms with Crippen LogP contribution in [0.4, 0.5) is 11.4 Å². The highest BCUT2D eigenvalue weighted by molar-refractivity contribution is 9.10. The highest BCUT2D eigenvalue weighted by Crippen LogP contribution is 2.33. The van der Waals surface area contributed by atoms with Crippen molar-refractivity contribution in [2.75, 3.05) is 23.7 Å². The van der Waals surface area contributed by atoms with Gasteiger partial charge in [-0.1, -0.05) is 38.9 Å². The lowest BCUT2D eigenvalue weighted by atomic mass is 10.2. The summed E-state index contributed by atoms with van der Waals surface area (Å²) < 4.78 is 28.7. The molecule has 114 valence electrons. The van der Waals surface area contributed by atoms with E-state index in [1.54, 1.807) is 13.0 Å². The minimum absolute atomic E-state index is 0.122. The topological polar surface area (TPSA) is 62.3 Å². The van der Waals surface area contributed by atoms with Gasteiger partial charge >= 0.3 is 0 Å². The van der Waals surface area contributed by atoms with Gasteiger partial charge in [0.15, 0.2) is 8.68 Å². The summed E-state index contributed by atoms with van der Waals surface area (Å²) in [5.74, 6) is 0. The predicted octanol–water partition coefficient (Wildman–Crippen LogP) is 3.73. The number of thiazole rings is 1. The SMILES string of the molecule is Cc1nc(Cl)sc1S(=O)(=O)Nc1cc(Br)ccc1N(C)C. The summed E-state index contributed by atoms with van der Waals surface area (Å²) in [5.41, 5.74) is 1.63. The Morgan fingerprint density at radius 3 is 2.57 bits per heavy atom. The monoisotopic (exact) mass is 409 g/mol. The first-order chi connectivity index (χ1) is 9.70. The highest BCUT2D eigenvalue weighted by atomic mass is 79.9. The van der Waals surface area contributed by atoms with Crippen molar-refractivity contribution >= 4 is 60.3 Å². The third-order valence-electron chi connectivity index (χ3n) is 2.66. The maximum atomic E-state index is 12.5. The van der Waals surface area contributed by atoms with Crippen molar-refractivity contribution in [2.45, 2.75) is 11.1 Å². The Bertz CT molecular complexity index is 775. The molecular formula is C12H13BrClN3O2S2. The summed E-state index contributed by atoms with van der Waals surface area (Å²) in [5, 5.41) is 0. The number of hydrogen-bond donors (Lipinski definition) is 1. The van der Waals surface area contributed by atoms with Crippen molar-refractivity contribution in [2.24, 2.45) is 0 Å². The van der Waals surface area contributed by atoms with Gasteiger partial charge in [0.25, 0.3) is 10.0 Å². The lowest BCUT2D eigenvalue weighted by Crippen LogP contribution is -2.17. The van der Waals surface area contributed by atoms with Gasteiger partial charge in [-0.25, -0.2) is 13.4 Å². The highest BCUT2D eigenvalue weighted by Gasteiger charge is 2.23. The summed E-state index contributed by atoms with van der Waals surface area (Å²) in [6, 6.07) is 5.39. The first-order valence-electron chi connectivity index (χ1n) is 5.83. The Hall–Kier alpha value is -0.830. The number of nitrogens with zero attached hydrogens (tertiary/aromatic N) is 2. The van der Waals surface area contributed by atoms with Gasteiger partial charge in [0.1, 0.15) is 0 Å². The molecular weight excluding hydrogens is 398 g/mol. The number of aryl methyl sites for hydroxylation is 1. The smallest absolute Gasteiger partial charge is 0.273 e. The number of nitrogens with one attached hydrogen (secondary N) is 1. The average Bonchev–Trinajstić information content (AvgIpc) is 2.68. The van der Waals surface area contributed by atoms with Gasteiger partial charge in [0.05, 0.1) is 17.1 Å². The van der Waals surface area contributed by atoms with Gasteiger partial charge in [-0.2, -0.15) is 0 Å². The van der Waals surface area contributed by atoms with Gasteiger partial charge in [0.2, 0.25) is 0 Å². The molecule has 9 heteroatoms. The van der Waals surface area contributed by atoms with E-state index in [9.17, 15) is 8.42 Å². The van der Waals surface area contributed by atoms with E-state index in [4.69, 9.17) is 11.6 Å². The molecule has 21 heavy (non-hydrogen) atoms. The Morgan fingerprint density at radius 1 is 1.38 bits per heavy atom. The Morgan fingerprint density at radius 2 is 2.05 bits per heavy atom. The molecule has 0 amide bonds. The van der Waals surface area contributed by atoms with E-state index in [2.05, 4.69) is 25.6 Å². The second-order valence-electron chi connectivity index (χ2n) is 4.50. The molecule has 0 aliphatic heterocycles. The second-order valence-corrected chi connectivity index (χ2v) is 8.88. The lowest BCUT2D eigenvalue weighted by molar-refractivity contribution is 0.602. The number of anilines is 2. The molecule has 0 fully saturated rings. The number of sulfonamides is 1. The van der Waals surface area contributed by atoms with E-state index in [-0.39, 0.29) is 8.68 Å². The zero-order valence-corrected chi connectivity index (χ0v) is 15.5. The molecule has 5 nitrogen and oxygen atoms in total. The normalized spacial score (nSPS) is 11.5. The molecule has 0 unspecified atom stereocenters. The zero-order valence-electron chi connectivity index (χ0n) is 11.5. The van der Waals surface area contributed by atoms with Gasteiger partial charge in [-0.05, 0) is 25.1 Å². The molecule has 1 heterocycles. The number of rotatable bonds is 4. The summed E-state index contributed by atoms with van der Waals surface area (Å²) in [6.07, 6.45) is 0. The maximum Gasteiger partial charge on any atom is 0.273 e. The van der Waals surface area contributed by atoms with E-state index in [0.717, 1.165) is 21.5 Å². The van der Waals surface area contributed by atoms with E-state index in [1.807, 2.05) is 31.1 Å². The van der Waals surface area contributed by atoms with Crippen LogP contribution in [0.15, 0.2) is 26.9 Å². The van der Waals surface area contributed by atoms with Crippen LogP contribution in [0.25, 0.3) is 0 Å². The molecule has 2 rings (SSSR count). The Kier molecular flexibility index (Phi) is 4.82. The first-order valence-corrected chi connectivity index (χ1v) is 9.30. The minimum atomic E-state index is -3.72. The van der Waals surface area contributed by atoms with Gasteiger partial charge in [-0.3, -0.25) is 4.72 Å². The van der Waals surface area contributed by atoms with Gasteiger partial charge < -0.3 is 4.90 Å². The molecule has 1 aromatic carbocycles. The lowest BCUT2D eigenvalue weighted by Gasteiger charge is -2.18. The molecule has 2 aromatic rings. The molecule has 1 aromatic heterocycles. The molecule has 0 spiro atoms. The van der Waals surface area contributed by atoms with Crippen molar-refractivity contribution in [1.82, 2.24) is 4.98 Å². The van der Waals surface area contributed by atoms with E-state index >= 15 is 0 Å². The number of aromatic nitrogens is 1. The fraction of sp³-hybridized carbons (Fsp3) is 0.250. The van der Waals surface area contributed by atoms with E-state index in [0.29, 0.717) is 11.4 Å². The van der Waals surface area contributed by atoms with Crippen molar-refractivity contribution in [3.8, 4) is 0 Å². The van der Waals surface area contributed by atoms with Crippen LogP contribution in [0.5, 0.6) is 0 Å². The third kappa shape index (κ3) is 3.68. The largest absolute Gasteiger partial charge is 0.376 e. The second kappa shape index (κ2) is 6.12. The minimum Gasteiger partial charge on any atom is -0.376 e. The van der Waals surface area contributed by atoms with Crippen molar-refractivity contribution in [3.05, 3.63) is 32.8 Å². The summed E-state index contributed by atoms with van der Waals surface area (Å²) in [7, 11) is -0.0357. The van der Waals surface area contributed by atoms with Crippen LogP contribution in [-0.2, 0) is 10.0 Å². The zero-order chi connectivity index (χ0) is 15.8. The summed E-state index contributed by atoms with van der Waals surface area (Å²) in [4.78, 5) is 5.77. The fourth-order valence-electron chi connectivity index (χ4n) is 1.77. The molecule has 0 aliphatic rings. The quantitative estimate of drug-likeness (QED) is 0.834. The molecule has 0 aliphatic carbocycles. The fourth-order valence-corrected chi connectivity index (χ4v) is 4.94. The predicted molar refractivity (Wildman–Crippen MR) is 91.1 cm³/mol. The van der Waals surface area contributed by atoms with Gasteiger partial charge in [-0.15, -0.1) is 0 Å². The molecule has 0 bridgehead atoms. The number of halogens is 2. The number of benzene rings is 1. The summed E-state index contributed by atoms with van der Waals surface area (Å²) >= 11 is 10.1. The van der Waals surface area contributed by atoms with Crippen LogP contribution in [0, 0.1) is 6.92 Å². The third-order valence-corrected chi connectivity index (χ3v) is 6.39.